The quantitative estimate of drug-likeness (QED) is 0.623. The zero-order valence-corrected chi connectivity index (χ0v) is 17.8. The molecule has 148 valence electrons. The Morgan fingerprint density at radius 3 is 2.78 bits per heavy atom. The van der Waals surface area contributed by atoms with Crippen LogP contribution in [-0.4, -0.2) is 10.8 Å². The highest BCUT2D eigenvalue weighted by Crippen LogP contribution is 2.64. The van der Waals surface area contributed by atoms with Crippen molar-refractivity contribution in [2.24, 2.45) is 46.8 Å². The Kier molecular flexibility index (Phi) is 4.73. The fraction of sp³-hybridized carbons (Fsp3) is 0.833. The van der Waals surface area contributed by atoms with E-state index in [1.165, 1.54) is 51.4 Å². The van der Waals surface area contributed by atoms with Crippen LogP contribution in [-0.2, 0) is 11.2 Å². The van der Waals surface area contributed by atoms with E-state index in [1.807, 2.05) is 11.6 Å². The Balaban J connectivity index is 1.33. The topological polar surface area (TPSA) is 30.0 Å². The lowest BCUT2D eigenvalue weighted by atomic mass is 9.49. The number of rotatable bonds is 3. The van der Waals surface area contributed by atoms with E-state index in [1.54, 1.807) is 11.3 Å². The Hall–Kier alpha value is -0.700. The number of fused-ring (bicyclic) bond motifs is 5. The molecule has 2 nitrogen and oxygen atoms in total. The van der Waals surface area contributed by atoms with Gasteiger partial charge in [-0.1, -0.05) is 20.3 Å². The summed E-state index contributed by atoms with van der Waals surface area (Å²) in [6, 6.07) is 0. The molecule has 4 saturated carbocycles. The molecule has 0 amide bonds. The summed E-state index contributed by atoms with van der Waals surface area (Å²) in [5, 5.41) is 3.01. The van der Waals surface area contributed by atoms with Gasteiger partial charge in [0.15, 0.2) is 0 Å². The number of carbonyl (C=O) groups is 1. The van der Waals surface area contributed by atoms with Gasteiger partial charge in [0.25, 0.3) is 0 Å². The molecule has 0 radical (unpaired) electrons. The molecule has 0 aromatic carbocycles. The van der Waals surface area contributed by atoms with Crippen molar-refractivity contribution in [2.45, 2.75) is 78.1 Å². The van der Waals surface area contributed by atoms with Crippen molar-refractivity contribution in [2.75, 3.05) is 0 Å². The van der Waals surface area contributed by atoms with E-state index < -0.39 is 0 Å². The van der Waals surface area contributed by atoms with E-state index in [0.717, 1.165) is 46.9 Å². The third-order valence-corrected chi connectivity index (χ3v) is 10.2. The zero-order chi connectivity index (χ0) is 18.6. The minimum atomic E-state index is 0.268. The number of ketones is 1. The van der Waals surface area contributed by atoms with Gasteiger partial charge in [0.2, 0.25) is 0 Å². The van der Waals surface area contributed by atoms with Crippen molar-refractivity contribution in [1.82, 2.24) is 4.98 Å². The molecule has 8 atom stereocenters. The third-order valence-electron chi connectivity index (χ3n) is 9.41. The molecule has 8 unspecified atom stereocenters. The molecular weight excluding hydrogens is 350 g/mol. The summed E-state index contributed by atoms with van der Waals surface area (Å²) >= 11 is 1.64. The molecule has 3 heteroatoms. The van der Waals surface area contributed by atoms with Crippen LogP contribution in [0.3, 0.4) is 0 Å². The lowest BCUT2D eigenvalue weighted by molar-refractivity contribution is -0.129. The SMILES string of the molecule is CC1CCC2C(CCC3C2CCC2(C)C(C(=O)Cc4nccs4)CCC32)C1. The highest BCUT2D eigenvalue weighted by Gasteiger charge is 2.58. The minimum Gasteiger partial charge on any atom is -0.299 e. The monoisotopic (exact) mass is 385 g/mol. The van der Waals surface area contributed by atoms with E-state index in [4.69, 9.17) is 0 Å². The lowest BCUT2D eigenvalue weighted by Crippen LogP contribution is -2.49. The highest BCUT2D eigenvalue weighted by atomic mass is 32.1. The van der Waals surface area contributed by atoms with Gasteiger partial charge in [-0.2, -0.15) is 0 Å². The molecule has 0 spiro atoms. The molecule has 4 aliphatic carbocycles. The maximum Gasteiger partial charge on any atom is 0.143 e. The molecule has 27 heavy (non-hydrogen) atoms. The molecule has 4 fully saturated rings. The van der Waals surface area contributed by atoms with Crippen LogP contribution in [0.2, 0.25) is 0 Å². The zero-order valence-electron chi connectivity index (χ0n) is 17.0. The Bertz CT molecular complexity index is 685. The van der Waals surface area contributed by atoms with E-state index >= 15 is 0 Å². The molecule has 1 heterocycles. The van der Waals surface area contributed by atoms with E-state index in [2.05, 4.69) is 18.8 Å². The maximum atomic E-state index is 13.2. The second-order valence-corrected chi connectivity index (χ2v) is 11.6. The van der Waals surface area contributed by atoms with Gasteiger partial charge in [-0.05, 0) is 92.3 Å². The molecule has 1 aromatic rings. The first kappa shape index (κ1) is 18.3. The van der Waals surface area contributed by atoms with Gasteiger partial charge >= 0.3 is 0 Å². The second kappa shape index (κ2) is 6.97. The van der Waals surface area contributed by atoms with E-state index in [9.17, 15) is 4.79 Å². The van der Waals surface area contributed by atoms with Crippen molar-refractivity contribution < 1.29 is 4.79 Å². The van der Waals surface area contributed by atoms with Crippen LogP contribution in [0, 0.1) is 46.8 Å². The standard InChI is InChI=1S/C24H35NOS/c1-15-3-5-17-16(13-15)4-6-19-18(17)9-10-24(2)20(19)7-8-21(24)22(26)14-23-25-11-12-27-23/h11-12,15-21H,3-10,13-14H2,1-2H3. The molecule has 0 N–H and O–H groups in total. The van der Waals surface area contributed by atoms with Gasteiger partial charge in [0, 0.05) is 17.5 Å². The van der Waals surface area contributed by atoms with Crippen LogP contribution >= 0.6 is 11.3 Å². The maximum absolute atomic E-state index is 13.2. The second-order valence-electron chi connectivity index (χ2n) is 10.6. The molecule has 0 saturated heterocycles. The fourth-order valence-electron chi connectivity index (χ4n) is 8.23. The third kappa shape index (κ3) is 3.03. The summed E-state index contributed by atoms with van der Waals surface area (Å²) < 4.78 is 0. The molecule has 0 bridgehead atoms. The van der Waals surface area contributed by atoms with Crippen molar-refractivity contribution in [1.29, 1.82) is 0 Å². The number of aromatic nitrogens is 1. The number of hydrogen-bond donors (Lipinski definition) is 0. The number of nitrogens with zero attached hydrogens (tertiary/aromatic N) is 1. The van der Waals surface area contributed by atoms with Gasteiger partial charge in [0.05, 0.1) is 11.4 Å². The summed E-state index contributed by atoms with van der Waals surface area (Å²) in [7, 11) is 0. The van der Waals surface area contributed by atoms with E-state index in [0.29, 0.717) is 12.2 Å². The van der Waals surface area contributed by atoms with Crippen LogP contribution in [0.25, 0.3) is 0 Å². The highest BCUT2D eigenvalue weighted by molar-refractivity contribution is 7.09. The molecule has 0 aliphatic heterocycles. The Labute approximate surface area is 168 Å². The van der Waals surface area contributed by atoms with Crippen molar-refractivity contribution >= 4 is 17.1 Å². The summed E-state index contributed by atoms with van der Waals surface area (Å²) in [4.78, 5) is 17.5. The van der Waals surface area contributed by atoms with Gasteiger partial charge < -0.3 is 0 Å². The molecule has 1 aromatic heterocycles. The fourth-order valence-corrected chi connectivity index (χ4v) is 8.86. The van der Waals surface area contributed by atoms with Gasteiger partial charge in [0.1, 0.15) is 5.78 Å². The average Bonchev–Trinajstić information content (AvgIpc) is 3.28. The van der Waals surface area contributed by atoms with Crippen LogP contribution in [0.15, 0.2) is 11.6 Å². The first-order chi connectivity index (χ1) is 13.1. The number of hydrogen-bond acceptors (Lipinski definition) is 3. The van der Waals surface area contributed by atoms with Crippen LogP contribution in [0.4, 0.5) is 0 Å². The largest absolute Gasteiger partial charge is 0.299 e. The Morgan fingerprint density at radius 2 is 1.96 bits per heavy atom. The first-order valence-corrected chi connectivity index (χ1v) is 12.4. The predicted octanol–water partition coefficient (Wildman–Crippen LogP) is 6.16. The normalized spacial score (nSPS) is 46.4. The smallest absolute Gasteiger partial charge is 0.143 e. The predicted molar refractivity (Wildman–Crippen MR) is 111 cm³/mol. The summed E-state index contributed by atoms with van der Waals surface area (Å²) in [6.45, 7) is 4.95. The molecule has 5 rings (SSSR count). The van der Waals surface area contributed by atoms with Crippen molar-refractivity contribution in [3.63, 3.8) is 0 Å². The summed E-state index contributed by atoms with van der Waals surface area (Å²) in [6.07, 6.45) is 14.9. The average molecular weight is 386 g/mol. The van der Waals surface area contributed by atoms with Crippen molar-refractivity contribution in [3.8, 4) is 0 Å². The van der Waals surface area contributed by atoms with Gasteiger partial charge in [-0.3, -0.25) is 4.79 Å². The van der Waals surface area contributed by atoms with Gasteiger partial charge in [-0.25, -0.2) is 4.98 Å². The molecular formula is C24H35NOS. The van der Waals surface area contributed by atoms with Gasteiger partial charge in [-0.15, -0.1) is 11.3 Å². The minimum absolute atomic E-state index is 0.268. The first-order valence-electron chi connectivity index (χ1n) is 11.5. The number of carbonyl (C=O) groups excluding carboxylic acids is 1. The number of Topliss-reactive ketones (excluding diaryl/α,β-unsaturated/α-hetero) is 1. The van der Waals surface area contributed by atoms with Crippen LogP contribution in [0.1, 0.15) is 76.6 Å². The Morgan fingerprint density at radius 1 is 1.11 bits per heavy atom. The lowest BCUT2D eigenvalue weighted by Gasteiger charge is -2.56. The summed E-state index contributed by atoms with van der Waals surface area (Å²) in [5.74, 6) is 6.44. The van der Waals surface area contributed by atoms with Crippen molar-refractivity contribution in [3.05, 3.63) is 16.6 Å². The molecule has 4 aliphatic rings. The van der Waals surface area contributed by atoms with Crippen LogP contribution in [0.5, 0.6) is 0 Å². The summed E-state index contributed by atoms with van der Waals surface area (Å²) in [5.41, 5.74) is 0.268. The van der Waals surface area contributed by atoms with Crippen LogP contribution < -0.4 is 0 Å². The number of thiazole rings is 1. The van der Waals surface area contributed by atoms with E-state index in [-0.39, 0.29) is 11.3 Å².